The summed E-state index contributed by atoms with van der Waals surface area (Å²) in [6.07, 6.45) is 3.37. The largest absolute Gasteiger partial charge is 0.494 e. The molecule has 0 bridgehead atoms. The van der Waals surface area contributed by atoms with Crippen molar-refractivity contribution in [1.29, 1.82) is 0 Å². The predicted octanol–water partition coefficient (Wildman–Crippen LogP) is 6.28. The van der Waals surface area contributed by atoms with Gasteiger partial charge in [0.2, 0.25) is 0 Å². The Morgan fingerprint density at radius 3 is 2.23 bits per heavy atom. The van der Waals surface area contributed by atoms with E-state index in [9.17, 15) is 0 Å². The normalized spacial score (nSPS) is 13.6. The lowest BCUT2D eigenvalue weighted by atomic mass is 9.98. The maximum atomic E-state index is 5.73. The fraction of sp³-hybridized carbons (Fsp3) is 0.400. The molecule has 2 heteroatoms. The van der Waals surface area contributed by atoms with Gasteiger partial charge in [-0.3, -0.25) is 0 Å². The summed E-state index contributed by atoms with van der Waals surface area (Å²) in [6, 6.07) is 19.3. The molecule has 0 amide bonds. The van der Waals surface area contributed by atoms with Crippen molar-refractivity contribution in [3.8, 4) is 5.75 Å². The smallest absolute Gasteiger partial charge is 0.119 e. The fourth-order valence-corrected chi connectivity index (χ4v) is 3.51. The van der Waals surface area contributed by atoms with Crippen LogP contribution in [0.5, 0.6) is 5.75 Å². The number of hydrogen-bond acceptors (Lipinski definition) is 2. The molecule has 0 aliphatic rings. The van der Waals surface area contributed by atoms with Crippen LogP contribution in [-0.4, -0.2) is 6.61 Å². The summed E-state index contributed by atoms with van der Waals surface area (Å²) in [5.74, 6) is 0.968. The van der Waals surface area contributed by atoms with E-state index in [0.29, 0.717) is 0 Å². The molecule has 0 heterocycles. The molecule has 0 radical (unpaired) electrons. The monoisotopic (exact) mass is 314 g/mol. The van der Waals surface area contributed by atoms with Gasteiger partial charge in [-0.15, -0.1) is 11.8 Å². The molecule has 0 saturated carbocycles. The van der Waals surface area contributed by atoms with Gasteiger partial charge in [-0.25, -0.2) is 0 Å². The molecule has 118 valence electrons. The van der Waals surface area contributed by atoms with E-state index in [-0.39, 0.29) is 4.75 Å². The van der Waals surface area contributed by atoms with Gasteiger partial charge < -0.3 is 4.74 Å². The molecule has 22 heavy (non-hydrogen) atoms. The van der Waals surface area contributed by atoms with Gasteiger partial charge in [-0.1, -0.05) is 50.6 Å². The zero-order chi connectivity index (χ0) is 15.8. The van der Waals surface area contributed by atoms with Crippen LogP contribution in [0.25, 0.3) is 0 Å². The highest BCUT2D eigenvalue weighted by molar-refractivity contribution is 8.00. The van der Waals surface area contributed by atoms with Crippen LogP contribution >= 0.6 is 11.8 Å². The van der Waals surface area contributed by atoms with Gasteiger partial charge in [0.05, 0.1) is 6.61 Å². The highest BCUT2D eigenvalue weighted by Gasteiger charge is 2.25. The molecule has 0 aromatic heterocycles. The molecule has 0 fully saturated rings. The molecule has 0 saturated heterocycles. The van der Waals surface area contributed by atoms with E-state index in [4.69, 9.17) is 4.74 Å². The molecule has 0 N–H and O–H groups in total. The SMILES string of the molecule is CCCCOc1ccc(SC(C)(CC)c2ccccc2)cc1. The lowest BCUT2D eigenvalue weighted by Crippen LogP contribution is -2.15. The van der Waals surface area contributed by atoms with Crippen molar-refractivity contribution in [2.75, 3.05) is 6.61 Å². The van der Waals surface area contributed by atoms with Crippen molar-refractivity contribution in [1.82, 2.24) is 0 Å². The van der Waals surface area contributed by atoms with Gasteiger partial charge >= 0.3 is 0 Å². The van der Waals surface area contributed by atoms with E-state index in [1.165, 1.54) is 16.9 Å². The van der Waals surface area contributed by atoms with Crippen LogP contribution in [0.2, 0.25) is 0 Å². The van der Waals surface area contributed by atoms with Crippen molar-refractivity contribution in [2.24, 2.45) is 0 Å². The van der Waals surface area contributed by atoms with Gasteiger partial charge in [0.25, 0.3) is 0 Å². The minimum absolute atomic E-state index is 0.103. The average molecular weight is 314 g/mol. The summed E-state index contributed by atoms with van der Waals surface area (Å²) < 4.78 is 5.84. The van der Waals surface area contributed by atoms with Crippen LogP contribution in [0, 0.1) is 0 Å². The highest BCUT2D eigenvalue weighted by atomic mass is 32.2. The van der Waals surface area contributed by atoms with E-state index in [2.05, 4.69) is 75.4 Å². The van der Waals surface area contributed by atoms with Crippen LogP contribution in [0.3, 0.4) is 0 Å². The lowest BCUT2D eigenvalue weighted by molar-refractivity contribution is 0.309. The van der Waals surface area contributed by atoms with Crippen molar-refractivity contribution >= 4 is 11.8 Å². The molecule has 2 aromatic carbocycles. The third-order valence-electron chi connectivity index (χ3n) is 3.99. The highest BCUT2D eigenvalue weighted by Crippen LogP contribution is 2.43. The summed E-state index contributed by atoms with van der Waals surface area (Å²) in [5, 5.41) is 0. The second-order valence-corrected chi connectivity index (χ2v) is 7.30. The minimum atomic E-state index is 0.103. The van der Waals surface area contributed by atoms with Crippen molar-refractivity contribution in [3.63, 3.8) is 0 Å². The molecule has 1 atom stereocenters. The van der Waals surface area contributed by atoms with Gasteiger partial charge in [-0.2, -0.15) is 0 Å². The van der Waals surface area contributed by atoms with Crippen LogP contribution in [0.4, 0.5) is 0 Å². The summed E-state index contributed by atoms with van der Waals surface area (Å²) in [5.41, 5.74) is 1.38. The van der Waals surface area contributed by atoms with Gasteiger partial charge in [0, 0.05) is 9.64 Å². The van der Waals surface area contributed by atoms with Crippen LogP contribution in [-0.2, 0) is 4.75 Å². The average Bonchev–Trinajstić information content (AvgIpc) is 2.57. The molecule has 1 nitrogen and oxygen atoms in total. The van der Waals surface area contributed by atoms with Crippen molar-refractivity contribution in [3.05, 3.63) is 60.2 Å². The van der Waals surface area contributed by atoms with Crippen molar-refractivity contribution < 1.29 is 4.74 Å². The summed E-state index contributed by atoms with van der Waals surface area (Å²) in [6.45, 7) is 7.55. The van der Waals surface area contributed by atoms with Crippen LogP contribution in [0.1, 0.15) is 45.6 Å². The lowest BCUT2D eigenvalue weighted by Gasteiger charge is -2.28. The zero-order valence-electron chi connectivity index (χ0n) is 13.8. The molecule has 0 aliphatic carbocycles. The first-order valence-corrected chi connectivity index (χ1v) is 8.97. The predicted molar refractivity (Wildman–Crippen MR) is 96.8 cm³/mol. The van der Waals surface area contributed by atoms with Crippen molar-refractivity contribution in [2.45, 2.75) is 49.7 Å². The Bertz CT molecular complexity index is 550. The van der Waals surface area contributed by atoms with E-state index < -0.39 is 0 Å². The number of unbranched alkanes of at least 4 members (excludes halogenated alkanes) is 1. The number of thioether (sulfide) groups is 1. The third-order valence-corrected chi connectivity index (χ3v) is 5.48. The Balaban J connectivity index is 2.05. The topological polar surface area (TPSA) is 9.23 Å². The Kier molecular flexibility index (Phi) is 6.38. The van der Waals surface area contributed by atoms with Crippen LogP contribution in [0.15, 0.2) is 59.5 Å². The third kappa shape index (κ3) is 4.54. The second-order valence-electron chi connectivity index (χ2n) is 5.73. The zero-order valence-corrected chi connectivity index (χ0v) is 14.7. The van der Waals surface area contributed by atoms with E-state index >= 15 is 0 Å². The Morgan fingerprint density at radius 2 is 1.64 bits per heavy atom. The summed E-state index contributed by atoms with van der Waals surface area (Å²) in [4.78, 5) is 1.29. The Morgan fingerprint density at radius 1 is 0.955 bits per heavy atom. The first-order chi connectivity index (χ1) is 10.7. The molecule has 1 unspecified atom stereocenters. The van der Waals surface area contributed by atoms with Gasteiger partial charge in [0.15, 0.2) is 0 Å². The number of ether oxygens (including phenoxy) is 1. The van der Waals surface area contributed by atoms with E-state index in [0.717, 1.165) is 25.2 Å². The quantitative estimate of drug-likeness (QED) is 0.418. The Labute approximate surface area is 139 Å². The maximum absolute atomic E-state index is 5.73. The number of rotatable bonds is 8. The summed E-state index contributed by atoms with van der Waals surface area (Å²) in [7, 11) is 0. The van der Waals surface area contributed by atoms with E-state index in [1.807, 2.05) is 11.8 Å². The summed E-state index contributed by atoms with van der Waals surface area (Å²) >= 11 is 1.93. The fourth-order valence-electron chi connectivity index (χ4n) is 2.32. The Hall–Kier alpha value is -1.41. The molecule has 0 aliphatic heterocycles. The maximum Gasteiger partial charge on any atom is 0.119 e. The van der Waals surface area contributed by atoms with Gasteiger partial charge in [-0.05, 0) is 49.6 Å². The first kappa shape index (κ1) is 17.0. The second kappa shape index (κ2) is 8.28. The molecule has 2 rings (SSSR count). The number of benzene rings is 2. The van der Waals surface area contributed by atoms with Gasteiger partial charge in [0.1, 0.15) is 5.75 Å². The minimum Gasteiger partial charge on any atom is -0.494 e. The van der Waals surface area contributed by atoms with Crippen LogP contribution < -0.4 is 4.74 Å². The molecular weight excluding hydrogens is 288 g/mol. The van der Waals surface area contributed by atoms with E-state index in [1.54, 1.807) is 0 Å². The first-order valence-electron chi connectivity index (χ1n) is 8.15. The molecule has 2 aromatic rings. The molecule has 0 spiro atoms. The number of hydrogen-bond donors (Lipinski definition) is 0. The molecular formula is C20H26OS. The standard InChI is InChI=1S/C20H26OS/c1-4-6-16-21-18-12-14-19(15-13-18)22-20(3,5-2)17-10-8-7-9-11-17/h7-15H,4-6,16H2,1-3H3.